The van der Waals surface area contributed by atoms with E-state index in [0.29, 0.717) is 0 Å². The first kappa shape index (κ1) is 15.8. The quantitative estimate of drug-likeness (QED) is 0.365. The van der Waals surface area contributed by atoms with Gasteiger partial charge in [0, 0.05) is 21.2 Å². The number of benzene rings is 3. The van der Waals surface area contributed by atoms with Crippen LogP contribution >= 0.6 is 25.3 Å². The highest BCUT2D eigenvalue weighted by Gasteiger charge is 2.11. The predicted octanol–water partition coefficient (Wildman–Crippen LogP) is 5.49. The molecule has 0 amide bonds. The summed E-state index contributed by atoms with van der Waals surface area (Å²) in [6.07, 6.45) is -0.0542. The maximum atomic E-state index is 4.41. The molecule has 0 bridgehead atoms. The summed E-state index contributed by atoms with van der Waals surface area (Å²) >= 11 is 8.81. The fraction of sp³-hybridized carbons (Fsp3) is 0.0526. The van der Waals surface area contributed by atoms with E-state index in [9.17, 15) is 0 Å². The fourth-order valence-corrected chi connectivity index (χ4v) is 2.82. The first-order chi connectivity index (χ1) is 11.2. The monoisotopic (exact) mass is 338 g/mol. The van der Waals surface area contributed by atoms with Gasteiger partial charge >= 0.3 is 0 Å². The van der Waals surface area contributed by atoms with Gasteiger partial charge in [0.15, 0.2) is 0 Å². The Labute approximate surface area is 147 Å². The van der Waals surface area contributed by atoms with Crippen LogP contribution in [0.2, 0.25) is 0 Å². The van der Waals surface area contributed by atoms with Gasteiger partial charge in [-0.2, -0.15) is 0 Å². The van der Waals surface area contributed by atoms with Crippen molar-refractivity contribution in [2.24, 2.45) is 0 Å². The average molecular weight is 339 g/mol. The van der Waals surface area contributed by atoms with Crippen molar-refractivity contribution in [2.75, 3.05) is 10.6 Å². The number of anilines is 2. The molecule has 0 unspecified atom stereocenters. The van der Waals surface area contributed by atoms with Crippen molar-refractivity contribution in [3.05, 3.63) is 84.4 Å². The van der Waals surface area contributed by atoms with Gasteiger partial charge < -0.3 is 10.6 Å². The highest BCUT2D eigenvalue weighted by Crippen LogP contribution is 2.24. The summed E-state index contributed by atoms with van der Waals surface area (Å²) in [4.78, 5) is 1.86. The van der Waals surface area contributed by atoms with Crippen LogP contribution in [0.3, 0.4) is 0 Å². The lowest BCUT2D eigenvalue weighted by atomic mass is 10.1. The lowest BCUT2D eigenvalue weighted by Crippen LogP contribution is -2.19. The van der Waals surface area contributed by atoms with Crippen molar-refractivity contribution >= 4 is 36.6 Å². The number of nitrogens with one attached hydrogen (secondary N) is 2. The molecule has 3 aromatic rings. The van der Waals surface area contributed by atoms with Crippen LogP contribution in [0.4, 0.5) is 11.4 Å². The third-order valence-electron chi connectivity index (χ3n) is 3.45. The van der Waals surface area contributed by atoms with Crippen LogP contribution in [-0.2, 0) is 0 Å². The summed E-state index contributed by atoms with van der Waals surface area (Å²) < 4.78 is 0. The van der Waals surface area contributed by atoms with E-state index in [1.165, 1.54) is 0 Å². The molecular formula is C19H18N2S2. The maximum absolute atomic E-state index is 4.41. The van der Waals surface area contributed by atoms with E-state index >= 15 is 0 Å². The number of hydrogen-bond donors (Lipinski definition) is 4. The number of thiol groups is 2. The SMILES string of the molecule is Sc1cccc(NC(Nc2cccc(S)c2)c2ccccc2)c1. The van der Waals surface area contributed by atoms with Gasteiger partial charge in [0.1, 0.15) is 6.17 Å². The van der Waals surface area contributed by atoms with Crippen LogP contribution < -0.4 is 10.6 Å². The van der Waals surface area contributed by atoms with E-state index in [4.69, 9.17) is 0 Å². The van der Waals surface area contributed by atoms with Crippen molar-refractivity contribution in [2.45, 2.75) is 16.0 Å². The molecule has 0 saturated heterocycles. The maximum Gasteiger partial charge on any atom is 0.123 e. The van der Waals surface area contributed by atoms with E-state index in [1.54, 1.807) is 0 Å². The average Bonchev–Trinajstić information content (AvgIpc) is 2.55. The highest BCUT2D eigenvalue weighted by molar-refractivity contribution is 7.80. The molecule has 0 radical (unpaired) electrons. The lowest BCUT2D eigenvalue weighted by Gasteiger charge is -2.23. The normalized spacial score (nSPS) is 10.6. The summed E-state index contributed by atoms with van der Waals surface area (Å²) in [6.45, 7) is 0. The van der Waals surface area contributed by atoms with Crippen molar-refractivity contribution in [1.29, 1.82) is 0 Å². The van der Waals surface area contributed by atoms with Crippen molar-refractivity contribution < 1.29 is 0 Å². The Kier molecular flexibility index (Phi) is 5.16. The van der Waals surface area contributed by atoms with Gasteiger partial charge in [-0.15, -0.1) is 25.3 Å². The molecule has 23 heavy (non-hydrogen) atoms. The Morgan fingerprint density at radius 2 is 1.13 bits per heavy atom. The molecule has 0 spiro atoms. The van der Waals surface area contributed by atoms with Crippen LogP contribution in [0, 0.1) is 0 Å². The van der Waals surface area contributed by atoms with Gasteiger partial charge in [0.05, 0.1) is 0 Å². The Morgan fingerprint density at radius 1 is 0.609 bits per heavy atom. The molecule has 2 nitrogen and oxygen atoms in total. The topological polar surface area (TPSA) is 24.1 Å². The van der Waals surface area contributed by atoms with Crippen LogP contribution in [0.1, 0.15) is 11.7 Å². The lowest BCUT2D eigenvalue weighted by molar-refractivity contribution is 0.900. The minimum atomic E-state index is -0.0542. The van der Waals surface area contributed by atoms with E-state index in [0.717, 1.165) is 26.7 Å². The second-order valence-electron chi connectivity index (χ2n) is 5.23. The van der Waals surface area contributed by atoms with E-state index < -0.39 is 0 Å². The zero-order chi connectivity index (χ0) is 16.1. The van der Waals surface area contributed by atoms with Crippen LogP contribution in [-0.4, -0.2) is 0 Å². The Hall–Kier alpha value is -2.04. The van der Waals surface area contributed by atoms with Gasteiger partial charge in [-0.25, -0.2) is 0 Å². The molecule has 116 valence electrons. The van der Waals surface area contributed by atoms with Gasteiger partial charge in [-0.05, 0) is 42.0 Å². The molecule has 0 saturated carbocycles. The molecular weight excluding hydrogens is 320 g/mol. The molecule has 0 aliphatic heterocycles. The van der Waals surface area contributed by atoms with Gasteiger partial charge in [-0.3, -0.25) is 0 Å². The summed E-state index contributed by atoms with van der Waals surface area (Å²) in [5, 5.41) is 7.04. The van der Waals surface area contributed by atoms with Gasteiger partial charge in [0.25, 0.3) is 0 Å². The Bertz CT molecular complexity index is 728. The first-order valence-corrected chi connectivity index (χ1v) is 8.26. The summed E-state index contributed by atoms with van der Waals surface area (Å²) in [6, 6.07) is 26.3. The van der Waals surface area contributed by atoms with Crippen molar-refractivity contribution in [3.63, 3.8) is 0 Å². The predicted molar refractivity (Wildman–Crippen MR) is 104 cm³/mol. The number of hydrogen-bond acceptors (Lipinski definition) is 4. The van der Waals surface area contributed by atoms with E-state index in [2.05, 4.69) is 48.0 Å². The second-order valence-corrected chi connectivity index (χ2v) is 6.27. The standard InChI is InChI=1S/C19H18N2S2/c22-17-10-4-8-15(12-17)20-19(14-6-2-1-3-7-14)21-16-9-5-11-18(23)13-16/h1-13,19-23H. The molecule has 0 fully saturated rings. The van der Waals surface area contributed by atoms with Crippen LogP contribution in [0.25, 0.3) is 0 Å². The van der Waals surface area contributed by atoms with Crippen LogP contribution in [0.5, 0.6) is 0 Å². The third kappa shape index (κ3) is 4.47. The Morgan fingerprint density at radius 3 is 1.61 bits per heavy atom. The summed E-state index contributed by atoms with van der Waals surface area (Å²) in [5.74, 6) is 0. The molecule has 0 aromatic heterocycles. The molecule has 0 atom stereocenters. The molecule has 2 N–H and O–H groups in total. The van der Waals surface area contributed by atoms with Crippen molar-refractivity contribution in [3.8, 4) is 0 Å². The summed E-state index contributed by atoms with van der Waals surface area (Å²) in [5.41, 5.74) is 3.18. The number of rotatable bonds is 5. The minimum absolute atomic E-state index is 0.0542. The minimum Gasteiger partial charge on any atom is -0.362 e. The van der Waals surface area contributed by atoms with Crippen molar-refractivity contribution in [1.82, 2.24) is 0 Å². The molecule has 4 heteroatoms. The third-order valence-corrected chi connectivity index (χ3v) is 4.00. The van der Waals surface area contributed by atoms with Crippen LogP contribution in [0.15, 0.2) is 88.7 Å². The molecule has 0 heterocycles. The summed E-state index contributed by atoms with van der Waals surface area (Å²) in [7, 11) is 0. The second kappa shape index (κ2) is 7.49. The Balaban J connectivity index is 1.87. The largest absolute Gasteiger partial charge is 0.362 e. The first-order valence-electron chi connectivity index (χ1n) is 7.37. The molecule has 0 aliphatic rings. The zero-order valence-electron chi connectivity index (χ0n) is 12.5. The highest BCUT2D eigenvalue weighted by atomic mass is 32.1. The zero-order valence-corrected chi connectivity index (χ0v) is 14.3. The van der Waals surface area contributed by atoms with Gasteiger partial charge in [-0.1, -0.05) is 42.5 Å². The molecule has 3 rings (SSSR count). The molecule has 3 aromatic carbocycles. The van der Waals surface area contributed by atoms with Gasteiger partial charge in [0.2, 0.25) is 0 Å². The molecule has 0 aliphatic carbocycles. The fourth-order valence-electron chi connectivity index (χ4n) is 2.37. The smallest absolute Gasteiger partial charge is 0.123 e. The van der Waals surface area contributed by atoms with E-state index in [-0.39, 0.29) is 6.17 Å². The van der Waals surface area contributed by atoms with E-state index in [1.807, 2.05) is 66.7 Å².